The van der Waals surface area contributed by atoms with Crippen LogP contribution in [0.1, 0.15) is 21.8 Å². The minimum absolute atomic E-state index is 0.209. The number of rotatable bonds is 5. The summed E-state index contributed by atoms with van der Waals surface area (Å²) in [4.78, 5) is 17.9. The van der Waals surface area contributed by atoms with Crippen molar-refractivity contribution in [2.75, 3.05) is 14.2 Å². The number of aryl methyl sites for hydroxylation is 1. The Balaban J connectivity index is 1.74. The average Bonchev–Trinajstić information content (AvgIpc) is 3.23. The van der Waals surface area contributed by atoms with Gasteiger partial charge in [-0.15, -0.1) is 0 Å². The lowest BCUT2D eigenvalue weighted by Gasteiger charge is -2.14. The second-order valence-electron chi connectivity index (χ2n) is 5.42. The molecule has 0 aliphatic heterocycles. The van der Waals surface area contributed by atoms with E-state index in [9.17, 15) is 4.79 Å². The van der Waals surface area contributed by atoms with Crippen LogP contribution >= 0.6 is 0 Å². The molecule has 1 amide bonds. The molecule has 1 aromatic carbocycles. The maximum absolute atomic E-state index is 12.3. The molecule has 0 N–H and O–H groups in total. The van der Waals surface area contributed by atoms with Crippen LogP contribution in [0.3, 0.4) is 0 Å². The minimum atomic E-state index is -0.209. The Morgan fingerprint density at radius 1 is 1.42 bits per heavy atom. The van der Waals surface area contributed by atoms with Crippen molar-refractivity contribution >= 4 is 5.91 Å². The van der Waals surface area contributed by atoms with Crippen molar-refractivity contribution in [1.82, 2.24) is 19.7 Å². The molecule has 24 heavy (non-hydrogen) atoms. The molecule has 124 valence electrons. The van der Waals surface area contributed by atoms with Gasteiger partial charge in [0.15, 0.2) is 6.39 Å². The molecule has 0 unspecified atom stereocenters. The Labute approximate surface area is 139 Å². The first-order valence-corrected chi connectivity index (χ1v) is 7.42. The van der Waals surface area contributed by atoms with Gasteiger partial charge in [0, 0.05) is 31.4 Å². The Kier molecular flexibility index (Phi) is 4.33. The standard InChI is InChI=1S/C17H18N4O3/c1-12-16(24-11-18-12)17(22)20(2)9-13-8-19-21(10-13)14-5-4-6-15(7-14)23-3/h4-8,10-11H,9H2,1-3H3. The Morgan fingerprint density at radius 3 is 2.96 bits per heavy atom. The Morgan fingerprint density at radius 2 is 2.25 bits per heavy atom. The van der Waals surface area contributed by atoms with E-state index in [0.29, 0.717) is 12.2 Å². The maximum atomic E-state index is 12.3. The van der Waals surface area contributed by atoms with Crippen molar-refractivity contribution < 1.29 is 13.9 Å². The van der Waals surface area contributed by atoms with E-state index in [0.717, 1.165) is 17.0 Å². The zero-order valence-electron chi connectivity index (χ0n) is 13.8. The molecule has 3 rings (SSSR count). The minimum Gasteiger partial charge on any atom is -0.497 e. The second-order valence-corrected chi connectivity index (χ2v) is 5.42. The van der Waals surface area contributed by atoms with Crippen LogP contribution in [-0.2, 0) is 6.54 Å². The zero-order chi connectivity index (χ0) is 17.1. The second kappa shape index (κ2) is 6.57. The molecule has 7 heteroatoms. The molecule has 0 saturated carbocycles. The third-order valence-corrected chi connectivity index (χ3v) is 3.66. The molecule has 0 spiro atoms. The number of carbonyl (C=O) groups excluding carboxylic acids is 1. The predicted molar refractivity (Wildman–Crippen MR) is 87.2 cm³/mol. The van der Waals surface area contributed by atoms with Gasteiger partial charge in [-0.3, -0.25) is 4.79 Å². The van der Waals surface area contributed by atoms with E-state index >= 15 is 0 Å². The maximum Gasteiger partial charge on any atom is 0.291 e. The number of carbonyl (C=O) groups is 1. The van der Waals surface area contributed by atoms with Crippen LogP contribution in [0.25, 0.3) is 5.69 Å². The number of hydrogen-bond donors (Lipinski definition) is 0. The molecule has 0 radical (unpaired) electrons. The summed E-state index contributed by atoms with van der Waals surface area (Å²) in [5.41, 5.74) is 2.38. The lowest BCUT2D eigenvalue weighted by atomic mass is 10.3. The van der Waals surface area contributed by atoms with Crippen LogP contribution in [0.5, 0.6) is 5.75 Å². The highest BCUT2D eigenvalue weighted by Crippen LogP contribution is 2.17. The summed E-state index contributed by atoms with van der Waals surface area (Å²) in [5.74, 6) is 0.814. The molecule has 3 aromatic rings. The van der Waals surface area contributed by atoms with Crippen molar-refractivity contribution in [2.45, 2.75) is 13.5 Å². The fourth-order valence-electron chi connectivity index (χ4n) is 2.36. The first kappa shape index (κ1) is 15.8. The Bertz CT molecular complexity index is 853. The van der Waals surface area contributed by atoms with Crippen LogP contribution < -0.4 is 4.74 Å². The molecular formula is C17H18N4O3. The predicted octanol–water partition coefficient (Wildman–Crippen LogP) is 2.45. The van der Waals surface area contributed by atoms with Gasteiger partial charge in [0.25, 0.3) is 5.91 Å². The molecule has 0 atom stereocenters. The number of benzene rings is 1. The van der Waals surface area contributed by atoms with Crippen LogP contribution in [0.15, 0.2) is 47.5 Å². The highest BCUT2D eigenvalue weighted by molar-refractivity contribution is 5.92. The van der Waals surface area contributed by atoms with Crippen LogP contribution in [0, 0.1) is 6.92 Å². The van der Waals surface area contributed by atoms with E-state index < -0.39 is 0 Å². The van der Waals surface area contributed by atoms with Gasteiger partial charge in [0.2, 0.25) is 5.76 Å². The van der Waals surface area contributed by atoms with Crippen LogP contribution in [-0.4, -0.2) is 39.7 Å². The van der Waals surface area contributed by atoms with Gasteiger partial charge in [0.1, 0.15) is 5.75 Å². The summed E-state index contributed by atoms with van der Waals surface area (Å²) in [5, 5.41) is 4.34. The summed E-state index contributed by atoms with van der Waals surface area (Å²) >= 11 is 0. The first-order chi connectivity index (χ1) is 11.6. The van der Waals surface area contributed by atoms with Gasteiger partial charge >= 0.3 is 0 Å². The zero-order valence-corrected chi connectivity index (χ0v) is 13.8. The quantitative estimate of drug-likeness (QED) is 0.720. The van der Waals surface area contributed by atoms with Crippen molar-refractivity contribution in [1.29, 1.82) is 0 Å². The fourth-order valence-corrected chi connectivity index (χ4v) is 2.36. The fraction of sp³-hybridized carbons (Fsp3) is 0.235. The Hall–Kier alpha value is -3.09. The third-order valence-electron chi connectivity index (χ3n) is 3.66. The van der Waals surface area contributed by atoms with Gasteiger partial charge in [-0.25, -0.2) is 9.67 Å². The molecule has 7 nitrogen and oxygen atoms in total. The number of ether oxygens (including phenoxy) is 1. The molecule has 0 bridgehead atoms. The molecule has 0 fully saturated rings. The van der Waals surface area contributed by atoms with Crippen molar-refractivity contribution in [3.63, 3.8) is 0 Å². The lowest BCUT2D eigenvalue weighted by molar-refractivity contribution is 0.0752. The lowest BCUT2D eigenvalue weighted by Crippen LogP contribution is -2.26. The van der Waals surface area contributed by atoms with Gasteiger partial charge < -0.3 is 14.1 Å². The van der Waals surface area contributed by atoms with Crippen molar-refractivity contribution in [3.8, 4) is 11.4 Å². The van der Waals surface area contributed by atoms with E-state index in [1.165, 1.54) is 6.39 Å². The molecule has 0 aliphatic rings. The molecular weight excluding hydrogens is 308 g/mol. The number of methoxy groups -OCH3 is 1. The summed E-state index contributed by atoms with van der Waals surface area (Å²) in [6.07, 6.45) is 4.89. The molecule has 2 heterocycles. The van der Waals surface area contributed by atoms with Crippen LogP contribution in [0.2, 0.25) is 0 Å². The van der Waals surface area contributed by atoms with E-state index in [1.54, 1.807) is 36.9 Å². The molecule has 0 aliphatic carbocycles. The van der Waals surface area contributed by atoms with E-state index in [4.69, 9.17) is 9.15 Å². The van der Waals surface area contributed by atoms with Gasteiger partial charge in [-0.2, -0.15) is 5.10 Å². The largest absolute Gasteiger partial charge is 0.497 e. The SMILES string of the molecule is COc1cccc(-n2cc(CN(C)C(=O)c3ocnc3C)cn2)c1. The van der Waals surface area contributed by atoms with E-state index in [2.05, 4.69) is 10.1 Å². The topological polar surface area (TPSA) is 73.4 Å². The highest BCUT2D eigenvalue weighted by atomic mass is 16.5. The van der Waals surface area contributed by atoms with E-state index in [-0.39, 0.29) is 11.7 Å². The van der Waals surface area contributed by atoms with Crippen molar-refractivity contribution in [3.05, 3.63) is 60.1 Å². The number of aromatic nitrogens is 3. The number of nitrogens with zero attached hydrogens (tertiary/aromatic N) is 4. The highest BCUT2D eigenvalue weighted by Gasteiger charge is 2.19. The summed E-state index contributed by atoms with van der Waals surface area (Å²) in [7, 11) is 3.34. The van der Waals surface area contributed by atoms with Gasteiger partial charge in [-0.05, 0) is 19.1 Å². The third kappa shape index (κ3) is 3.15. The molecule has 2 aromatic heterocycles. The van der Waals surface area contributed by atoms with Crippen LogP contribution in [0.4, 0.5) is 0 Å². The first-order valence-electron chi connectivity index (χ1n) is 7.42. The summed E-state index contributed by atoms with van der Waals surface area (Å²) in [6, 6.07) is 7.60. The summed E-state index contributed by atoms with van der Waals surface area (Å²) in [6.45, 7) is 2.16. The average molecular weight is 326 g/mol. The normalized spacial score (nSPS) is 10.6. The van der Waals surface area contributed by atoms with Crippen molar-refractivity contribution in [2.24, 2.45) is 0 Å². The number of amides is 1. The monoisotopic (exact) mass is 326 g/mol. The van der Waals surface area contributed by atoms with Gasteiger partial charge in [0.05, 0.1) is 24.7 Å². The number of hydrogen-bond acceptors (Lipinski definition) is 5. The number of oxazole rings is 1. The van der Waals surface area contributed by atoms with Gasteiger partial charge in [-0.1, -0.05) is 6.07 Å². The van der Waals surface area contributed by atoms with E-state index in [1.807, 2.05) is 30.5 Å². The molecule has 0 saturated heterocycles. The summed E-state index contributed by atoms with van der Waals surface area (Å²) < 4.78 is 12.1. The smallest absolute Gasteiger partial charge is 0.291 e.